The largest absolute Gasteiger partial charge is 0.371 e. The Balaban J connectivity index is 2.04. The normalized spacial score (nSPS) is 17.4. The summed E-state index contributed by atoms with van der Waals surface area (Å²) in [5, 5.41) is 4.69. The van der Waals surface area contributed by atoms with Gasteiger partial charge in [-0.2, -0.15) is 0 Å². The van der Waals surface area contributed by atoms with Crippen molar-refractivity contribution < 1.29 is 4.74 Å². The molecule has 1 N–H and O–H groups in total. The van der Waals surface area contributed by atoms with Gasteiger partial charge in [0, 0.05) is 24.1 Å². The van der Waals surface area contributed by atoms with Gasteiger partial charge in [0.15, 0.2) is 0 Å². The topological polar surface area (TPSA) is 34.1 Å². The Morgan fingerprint density at radius 1 is 1.44 bits per heavy atom. The average Bonchev–Trinajstić information content (AvgIpc) is 3.07. The molecule has 1 unspecified atom stereocenters. The lowest BCUT2D eigenvalue weighted by Crippen LogP contribution is -2.14. The van der Waals surface area contributed by atoms with E-state index < -0.39 is 0 Å². The molecule has 3 nitrogen and oxygen atoms in total. The third-order valence-electron chi connectivity index (χ3n) is 3.23. The van der Waals surface area contributed by atoms with Crippen LogP contribution < -0.4 is 5.32 Å². The van der Waals surface area contributed by atoms with E-state index >= 15 is 0 Å². The molecule has 2 rings (SSSR count). The van der Waals surface area contributed by atoms with E-state index in [9.17, 15) is 0 Å². The summed E-state index contributed by atoms with van der Waals surface area (Å²) in [5.41, 5.74) is 1.16. The predicted molar refractivity (Wildman–Crippen MR) is 75.9 cm³/mol. The van der Waals surface area contributed by atoms with Crippen LogP contribution in [-0.2, 0) is 11.3 Å². The molecule has 1 heterocycles. The van der Waals surface area contributed by atoms with Crippen LogP contribution in [0.1, 0.15) is 55.3 Å². The van der Waals surface area contributed by atoms with Crippen molar-refractivity contribution in [1.82, 2.24) is 10.3 Å². The first-order valence-electron chi connectivity index (χ1n) is 6.93. The molecule has 0 bridgehead atoms. The lowest BCUT2D eigenvalue weighted by Gasteiger charge is -2.18. The molecule has 18 heavy (non-hydrogen) atoms. The number of aromatic nitrogens is 1. The Morgan fingerprint density at radius 2 is 2.17 bits per heavy atom. The summed E-state index contributed by atoms with van der Waals surface area (Å²) in [7, 11) is 0. The highest BCUT2D eigenvalue weighted by Crippen LogP contribution is 2.31. The van der Waals surface area contributed by atoms with Crippen LogP contribution in [0, 0.1) is 12.8 Å². The summed E-state index contributed by atoms with van der Waals surface area (Å²) in [4.78, 5) is 6.07. The zero-order valence-corrected chi connectivity index (χ0v) is 12.6. The number of nitrogens with one attached hydrogen (secondary N) is 1. The lowest BCUT2D eigenvalue weighted by molar-refractivity contribution is 0.0292. The van der Waals surface area contributed by atoms with Gasteiger partial charge in [-0.3, -0.25) is 0 Å². The summed E-state index contributed by atoms with van der Waals surface area (Å²) in [6.07, 6.45) is 2.81. The first kappa shape index (κ1) is 14.0. The molecule has 102 valence electrons. The van der Waals surface area contributed by atoms with E-state index in [1.54, 1.807) is 0 Å². The molecule has 0 radical (unpaired) electrons. The lowest BCUT2D eigenvalue weighted by atomic mass is 10.1. The molecule has 0 aliphatic heterocycles. The van der Waals surface area contributed by atoms with E-state index in [4.69, 9.17) is 9.72 Å². The van der Waals surface area contributed by atoms with Crippen molar-refractivity contribution in [2.24, 2.45) is 5.92 Å². The zero-order valence-electron chi connectivity index (χ0n) is 11.8. The number of thiazole rings is 1. The van der Waals surface area contributed by atoms with E-state index in [1.807, 2.05) is 18.3 Å². The third kappa shape index (κ3) is 3.53. The van der Waals surface area contributed by atoms with Crippen molar-refractivity contribution in [3.8, 4) is 0 Å². The molecule has 1 saturated carbocycles. The van der Waals surface area contributed by atoms with Crippen molar-refractivity contribution in [2.75, 3.05) is 6.61 Å². The molecule has 1 aromatic heterocycles. The quantitative estimate of drug-likeness (QED) is 0.822. The fourth-order valence-corrected chi connectivity index (χ4v) is 3.23. The Hall–Kier alpha value is -0.450. The number of hydrogen-bond donors (Lipinski definition) is 1. The number of hydrogen-bond acceptors (Lipinski definition) is 4. The van der Waals surface area contributed by atoms with Gasteiger partial charge in [0.25, 0.3) is 0 Å². The molecule has 1 atom stereocenters. The second-order valence-electron chi connectivity index (χ2n) is 5.34. The summed E-state index contributed by atoms with van der Waals surface area (Å²) >= 11 is 1.81. The fourth-order valence-electron chi connectivity index (χ4n) is 1.99. The van der Waals surface area contributed by atoms with Crippen LogP contribution in [0.25, 0.3) is 0 Å². The smallest absolute Gasteiger partial charge is 0.122 e. The maximum absolute atomic E-state index is 5.82. The van der Waals surface area contributed by atoms with Gasteiger partial charge in [-0.25, -0.2) is 4.98 Å². The Kier molecular flexibility index (Phi) is 4.76. The molecule has 0 spiro atoms. The molecular formula is C14H24N2OS. The number of aryl methyl sites for hydroxylation is 1. The Bertz CT molecular complexity index is 385. The maximum Gasteiger partial charge on any atom is 0.122 e. The Labute approximate surface area is 114 Å². The second-order valence-corrected chi connectivity index (χ2v) is 6.45. The predicted octanol–water partition coefficient (Wildman–Crippen LogP) is 3.44. The van der Waals surface area contributed by atoms with Crippen molar-refractivity contribution in [3.05, 3.63) is 15.6 Å². The summed E-state index contributed by atoms with van der Waals surface area (Å²) in [5.74, 6) is 0.472. The molecule has 1 aliphatic carbocycles. The number of ether oxygens (including phenoxy) is 1. The Morgan fingerprint density at radius 3 is 2.72 bits per heavy atom. The molecule has 0 amide bonds. The highest BCUT2D eigenvalue weighted by Gasteiger charge is 2.23. The van der Waals surface area contributed by atoms with Gasteiger partial charge in [0.05, 0.1) is 5.69 Å². The fraction of sp³-hybridized carbons (Fsp3) is 0.786. The van der Waals surface area contributed by atoms with E-state index in [0.29, 0.717) is 5.92 Å². The molecule has 1 aromatic rings. The first-order chi connectivity index (χ1) is 8.61. The van der Waals surface area contributed by atoms with Crippen molar-refractivity contribution >= 4 is 11.3 Å². The van der Waals surface area contributed by atoms with Crippen LogP contribution in [0.15, 0.2) is 0 Å². The van der Waals surface area contributed by atoms with Crippen molar-refractivity contribution in [2.45, 2.75) is 59.2 Å². The highest BCUT2D eigenvalue weighted by molar-refractivity contribution is 7.11. The molecule has 1 aliphatic rings. The highest BCUT2D eigenvalue weighted by atomic mass is 32.1. The molecule has 0 saturated heterocycles. The van der Waals surface area contributed by atoms with Gasteiger partial charge in [-0.05, 0) is 32.6 Å². The minimum atomic E-state index is 0.147. The second kappa shape index (κ2) is 6.13. The molecule has 0 aromatic carbocycles. The third-order valence-corrected chi connectivity index (χ3v) is 4.45. The van der Waals surface area contributed by atoms with Gasteiger partial charge in [-0.1, -0.05) is 13.8 Å². The van der Waals surface area contributed by atoms with Crippen LogP contribution >= 0.6 is 11.3 Å². The van der Waals surface area contributed by atoms with E-state index in [1.165, 1.54) is 17.7 Å². The van der Waals surface area contributed by atoms with Crippen LogP contribution in [-0.4, -0.2) is 17.6 Å². The van der Waals surface area contributed by atoms with Crippen LogP contribution in [0.4, 0.5) is 0 Å². The van der Waals surface area contributed by atoms with Crippen molar-refractivity contribution in [1.29, 1.82) is 0 Å². The van der Waals surface area contributed by atoms with Gasteiger partial charge in [0.2, 0.25) is 0 Å². The van der Waals surface area contributed by atoms with Crippen molar-refractivity contribution in [3.63, 3.8) is 0 Å². The van der Waals surface area contributed by atoms with E-state index in [0.717, 1.165) is 29.9 Å². The SMILES string of the molecule is CCOC(c1nc(C)c(CNC2CC2)s1)C(C)C. The minimum absolute atomic E-state index is 0.147. The standard InChI is InChI=1S/C14H24N2OS/c1-5-17-13(9(2)3)14-16-10(4)12(18-14)8-15-11-6-7-11/h9,11,13,15H,5-8H2,1-4H3. The van der Waals surface area contributed by atoms with E-state index in [-0.39, 0.29) is 6.10 Å². The monoisotopic (exact) mass is 268 g/mol. The van der Waals surface area contributed by atoms with Gasteiger partial charge < -0.3 is 10.1 Å². The van der Waals surface area contributed by atoms with Crippen LogP contribution in [0.2, 0.25) is 0 Å². The molecular weight excluding hydrogens is 244 g/mol. The first-order valence-corrected chi connectivity index (χ1v) is 7.74. The summed E-state index contributed by atoms with van der Waals surface area (Å²) < 4.78 is 5.82. The van der Waals surface area contributed by atoms with Gasteiger partial charge >= 0.3 is 0 Å². The summed E-state index contributed by atoms with van der Waals surface area (Å²) in [6.45, 7) is 10.2. The molecule has 1 fully saturated rings. The van der Waals surface area contributed by atoms with Crippen LogP contribution in [0.5, 0.6) is 0 Å². The number of rotatable bonds is 7. The van der Waals surface area contributed by atoms with Crippen LogP contribution in [0.3, 0.4) is 0 Å². The van der Waals surface area contributed by atoms with Gasteiger partial charge in [-0.15, -0.1) is 11.3 Å². The minimum Gasteiger partial charge on any atom is -0.371 e. The van der Waals surface area contributed by atoms with E-state index in [2.05, 4.69) is 26.1 Å². The maximum atomic E-state index is 5.82. The molecule has 4 heteroatoms. The van der Waals surface area contributed by atoms with Gasteiger partial charge in [0.1, 0.15) is 11.1 Å². The zero-order chi connectivity index (χ0) is 13.1. The summed E-state index contributed by atoms with van der Waals surface area (Å²) in [6, 6.07) is 0.753. The average molecular weight is 268 g/mol. The number of nitrogens with zero attached hydrogens (tertiary/aromatic N) is 1.